The lowest BCUT2D eigenvalue weighted by atomic mass is 10.1. The van der Waals surface area contributed by atoms with Crippen LogP contribution >= 0.6 is 0 Å². The van der Waals surface area contributed by atoms with Crippen LogP contribution in [0, 0.1) is 0 Å². The molecule has 166 valence electrons. The first kappa shape index (κ1) is 22.8. The zero-order valence-corrected chi connectivity index (χ0v) is 18.5. The van der Waals surface area contributed by atoms with Crippen molar-refractivity contribution in [1.82, 2.24) is 14.9 Å². The molecular weight excluding hydrogens is 416 g/mol. The number of rotatable bonds is 7. The van der Waals surface area contributed by atoms with Gasteiger partial charge >= 0.3 is 6.03 Å². The first-order valence-corrected chi connectivity index (χ1v) is 11.7. The predicted molar refractivity (Wildman–Crippen MR) is 119 cm³/mol. The molecule has 0 saturated carbocycles. The first-order valence-electron chi connectivity index (χ1n) is 10.3. The highest BCUT2D eigenvalue weighted by Gasteiger charge is 2.26. The number of urea groups is 1. The molecular formula is C22H28N4O4S. The molecule has 1 aliphatic heterocycles. The lowest BCUT2D eigenvalue weighted by Crippen LogP contribution is -2.35. The van der Waals surface area contributed by atoms with Crippen LogP contribution in [-0.4, -0.2) is 43.8 Å². The molecule has 1 fully saturated rings. The van der Waals surface area contributed by atoms with Crippen LogP contribution in [-0.2, 0) is 16.6 Å². The van der Waals surface area contributed by atoms with Gasteiger partial charge in [0, 0.05) is 25.7 Å². The van der Waals surface area contributed by atoms with Crippen molar-refractivity contribution in [3.63, 3.8) is 0 Å². The molecule has 0 bridgehead atoms. The van der Waals surface area contributed by atoms with Crippen molar-refractivity contribution >= 4 is 27.6 Å². The van der Waals surface area contributed by atoms with E-state index in [9.17, 15) is 18.0 Å². The number of hydrogen-bond donors (Lipinski definition) is 3. The first-order chi connectivity index (χ1) is 14.8. The van der Waals surface area contributed by atoms with Crippen molar-refractivity contribution in [1.29, 1.82) is 0 Å². The summed E-state index contributed by atoms with van der Waals surface area (Å²) < 4.78 is 26.7. The highest BCUT2D eigenvalue weighted by Crippen LogP contribution is 2.21. The van der Waals surface area contributed by atoms with E-state index in [0.717, 1.165) is 18.4 Å². The Morgan fingerprint density at radius 1 is 1.00 bits per heavy atom. The quantitative estimate of drug-likeness (QED) is 0.610. The third-order valence-electron chi connectivity index (χ3n) is 4.92. The Morgan fingerprint density at radius 2 is 1.65 bits per heavy atom. The fraction of sp³-hybridized carbons (Fsp3) is 0.364. The van der Waals surface area contributed by atoms with Crippen LogP contribution in [0.5, 0.6) is 0 Å². The molecule has 1 aliphatic rings. The van der Waals surface area contributed by atoms with E-state index >= 15 is 0 Å². The minimum Gasteiger partial charge on any atom is -0.348 e. The van der Waals surface area contributed by atoms with Crippen molar-refractivity contribution < 1.29 is 18.0 Å². The van der Waals surface area contributed by atoms with Gasteiger partial charge in [0.25, 0.3) is 5.91 Å². The molecule has 0 aromatic heterocycles. The fourth-order valence-electron chi connectivity index (χ4n) is 3.35. The molecule has 0 radical (unpaired) electrons. The third-order valence-corrected chi connectivity index (χ3v) is 6.83. The molecule has 2 aromatic carbocycles. The Bertz CT molecular complexity index is 1030. The maximum absolute atomic E-state index is 12.7. The maximum atomic E-state index is 12.7. The van der Waals surface area contributed by atoms with Crippen molar-refractivity contribution in [3.05, 3.63) is 59.7 Å². The van der Waals surface area contributed by atoms with Gasteiger partial charge in [-0.15, -0.1) is 0 Å². The summed E-state index contributed by atoms with van der Waals surface area (Å²) >= 11 is 0. The Morgan fingerprint density at radius 3 is 2.29 bits per heavy atom. The van der Waals surface area contributed by atoms with Crippen LogP contribution in [0.3, 0.4) is 0 Å². The van der Waals surface area contributed by atoms with Gasteiger partial charge in [-0.25, -0.2) is 13.2 Å². The number of carbonyl (C=O) groups is 2. The minimum atomic E-state index is -3.46. The Labute approximate surface area is 183 Å². The highest BCUT2D eigenvalue weighted by molar-refractivity contribution is 7.89. The summed E-state index contributed by atoms with van der Waals surface area (Å²) in [5.74, 6) is -0.339. The number of carbonyl (C=O) groups excluding carboxylic acids is 2. The molecule has 31 heavy (non-hydrogen) atoms. The Balaban J connectivity index is 1.63. The number of anilines is 1. The molecule has 1 saturated heterocycles. The van der Waals surface area contributed by atoms with E-state index < -0.39 is 10.0 Å². The van der Waals surface area contributed by atoms with Gasteiger partial charge in [-0.3, -0.25) is 4.79 Å². The molecule has 3 rings (SSSR count). The topological polar surface area (TPSA) is 108 Å². The van der Waals surface area contributed by atoms with Gasteiger partial charge in [-0.2, -0.15) is 4.31 Å². The Kier molecular flexibility index (Phi) is 7.29. The van der Waals surface area contributed by atoms with E-state index in [1.807, 2.05) is 13.8 Å². The Hall–Kier alpha value is -2.91. The summed E-state index contributed by atoms with van der Waals surface area (Å²) in [5, 5.41) is 8.22. The number of nitrogens with zero attached hydrogens (tertiary/aromatic N) is 1. The van der Waals surface area contributed by atoms with Gasteiger partial charge in [-0.05, 0) is 56.5 Å². The summed E-state index contributed by atoms with van der Waals surface area (Å²) in [4.78, 5) is 24.9. The number of para-hydroxylation sites is 1. The minimum absolute atomic E-state index is 0.0294. The predicted octanol–water partition coefficient (Wildman–Crippen LogP) is 2.93. The second-order valence-corrected chi connectivity index (χ2v) is 9.67. The molecule has 9 heteroatoms. The second kappa shape index (κ2) is 9.93. The molecule has 0 atom stereocenters. The molecule has 0 spiro atoms. The van der Waals surface area contributed by atoms with Crippen LogP contribution in [0.2, 0.25) is 0 Å². The average Bonchev–Trinajstić information content (AvgIpc) is 3.28. The van der Waals surface area contributed by atoms with Gasteiger partial charge in [-0.1, -0.05) is 24.3 Å². The van der Waals surface area contributed by atoms with Crippen molar-refractivity contribution in [2.24, 2.45) is 0 Å². The standard InChI is InChI=1S/C22H28N4O4S/c1-16(2)24-22(28)25-20-8-4-3-7-19(20)21(27)23-15-17-9-11-18(12-10-17)31(29,30)26-13-5-6-14-26/h3-4,7-12,16H,5-6,13-15H2,1-2H3,(H,23,27)(H2,24,25,28). The number of amides is 3. The zero-order valence-electron chi connectivity index (χ0n) is 17.7. The molecule has 0 unspecified atom stereocenters. The largest absolute Gasteiger partial charge is 0.348 e. The van der Waals surface area contributed by atoms with Crippen molar-refractivity contribution in [2.75, 3.05) is 18.4 Å². The molecule has 3 N–H and O–H groups in total. The summed E-state index contributed by atoms with van der Waals surface area (Å²) in [6, 6.07) is 12.9. The van der Waals surface area contributed by atoms with E-state index in [0.29, 0.717) is 24.3 Å². The molecule has 2 aromatic rings. The summed E-state index contributed by atoms with van der Waals surface area (Å²) in [7, 11) is -3.46. The van der Waals surface area contributed by atoms with Crippen molar-refractivity contribution in [3.8, 4) is 0 Å². The molecule has 8 nitrogen and oxygen atoms in total. The summed E-state index contributed by atoms with van der Waals surface area (Å²) in [6.07, 6.45) is 1.78. The van der Waals surface area contributed by atoms with Crippen LogP contribution in [0.25, 0.3) is 0 Å². The number of benzene rings is 2. The van der Waals surface area contributed by atoms with Gasteiger partial charge in [0.1, 0.15) is 0 Å². The maximum Gasteiger partial charge on any atom is 0.319 e. The van der Waals surface area contributed by atoms with E-state index in [-0.39, 0.29) is 29.4 Å². The van der Waals surface area contributed by atoms with Gasteiger partial charge in [0.2, 0.25) is 10.0 Å². The van der Waals surface area contributed by atoms with E-state index in [2.05, 4.69) is 16.0 Å². The summed E-state index contributed by atoms with van der Waals surface area (Å²) in [5.41, 5.74) is 1.52. The highest BCUT2D eigenvalue weighted by atomic mass is 32.2. The van der Waals surface area contributed by atoms with Crippen LogP contribution in [0.4, 0.5) is 10.5 Å². The smallest absolute Gasteiger partial charge is 0.319 e. The van der Waals surface area contributed by atoms with Crippen LogP contribution in [0.1, 0.15) is 42.6 Å². The SMILES string of the molecule is CC(C)NC(=O)Nc1ccccc1C(=O)NCc1ccc(S(=O)(=O)N2CCCC2)cc1. The molecule has 3 amide bonds. The third kappa shape index (κ3) is 5.83. The van der Waals surface area contributed by atoms with Gasteiger partial charge < -0.3 is 16.0 Å². The number of sulfonamides is 1. The lowest BCUT2D eigenvalue weighted by Gasteiger charge is -2.16. The summed E-state index contributed by atoms with van der Waals surface area (Å²) in [6.45, 7) is 5.04. The normalized spacial score (nSPS) is 14.4. The number of hydrogen-bond acceptors (Lipinski definition) is 4. The number of nitrogens with one attached hydrogen (secondary N) is 3. The van der Waals surface area contributed by atoms with E-state index in [1.165, 1.54) is 4.31 Å². The zero-order chi connectivity index (χ0) is 22.4. The fourth-order valence-corrected chi connectivity index (χ4v) is 4.86. The molecule has 1 heterocycles. The van der Waals surface area contributed by atoms with E-state index in [1.54, 1.807) is 48.5 Å². The van der Waals surface area contributed by atoms with Gasteiger partial charge in [0.15, 0.2) is 0 Å². The van der Waals surface area contributed by atoms with Gasteiger partial charge in [0.05, 0.1) is 16.1 Å². The van der Waals surface area contributed by atoms with Crippen molar-refractivity contribution in [2.45, 2.75) is 44.2 Å². The van der Waals surface area contributed by atoms with E-state index in [4.69, 9.17) is 0 Å². The van der Waals surface area contributed by atoms with Crippen LogP contribution < -0.4 is 16.0 Å². The monoisotopic (exact) mass is 444 g/mol. The van der Waals surface area contributed by atoms with Crippen LogP contribution in [0.15, 0.2) is 53.4 Å². The molecule has 0 aliphatic carbocycles. The second-order valence-electron chi connectivity index (χ2n) is 7.74. The lowest BCUT2D eigenvalue weighted by molar-refractivity contribution is 0.0951. The average molecular weight is 445 g/mol.